The highest BCUT2D eigenvalue weighted by Gasteiger charge is 2.36. The normalized spacial score (nSPS) is 18.9. The zero-order valence-electron chi connectivity index (χ0n) is 6.84. The molecule has 0 bridgehead atoms. The average Bonchev–Trinajstić information content (AvgIpc) is 2.43. The molecule has 1 aliphatic heterocycles. The van der Waals surface area contributed by atoms with Crippen molar-refractivity contribution in [2.24, 2.45) is 0 Å². The lowest BCUT2D eigenvalue weighted by Gasteiger charge is -1.99. The molecule has 2 rings (SSSR count). The van der Waals surface area contributed by atoms with Crippen LogP contribution in [0.4, 0.5) is 5.69 Å². The highest BCUT2D eigenvalue weighted by Crippen LogP contribution is 2.34. The molecule has 1 unspecified atom stereocenters. The molecule has 0 fully saturated rings. The van der Waals surface area contributed by atoms with Crippen molar-refractivity contribution in [2.45, 2.75) is 6.29 Å². The van der Waals surface area contributed by atoms with Gasteiger partial charge in [-0.25, -0.2) is 4.79 Å². The molecule has 1 aliphatic rings. The van der Waals surface area contributed by atoms with Crippen LogP contribution in [0.5, 0.6) is 0 Å². The number of nitro benzene ring substituents is 1. The third-order valence-electron chi connectivity index (χ3n) is 1.96. The third-order valence-corrected chi connectivity index (χ3v) is 1.96. The number of aliphatic hydroxyl groups excluding tert-OH is 1. The zero-order valence-corrected chi connectivity index (χ0v) is 6.84. The lowest BCUT2D eigenvalue weighted by Crippen LogP contribution is -2.00. The summed E-state index contributed by atoms with van der Waals surface area (Å²) in [4.78, 5) is 21.0. The summed E-state index contributed by atoms with van der Waals surface area (Å²) in [5.74, 6) is -0.861. The zero-order chi connectivity index (χ0) is 10.3. The van der Waals surface area contributed by atoms with Crippen LogP contribution in [0.1, 0.15) is 22.2 Å². The predicted molar refractivity (Wildman–Crippen MR) is 43.5 cm³/mol. The second-order valence-corrected chi connectivity index (χ2v) is 2.76. The van der Waals surface area contributed by atoms with Crippen LogP contribution in [-0.4, -0.2) is 16.0 Å². The van der Waals surface area contributed by atoms with Gasteiger partial charge in [-0.1, -0.05) is 12.1 Å². The van der Waals surface area contributed by atoms with Crippen LogP contribution in [0.2, 0.25) is 0 Å². The molecule has 6 nitrogen and oxygen atoms in total. The number of nitro groups is 1. The van der Waals surface area contributed by atoms with E-state index in [1.54, 1.807) is 0 Å². The number of esters is 1. The smallest absolute Gasteiger partial charge is 0.348 e. The Balaban J connectivity index is 2.68. The van der Waals surface area contributed by atoms with Crippen LogP contribution in [0.25, 0.3) is 0 Å². The van der Waals surface area contributed by atoms with Crippen LogP contribution in [0, 0.1) is 10.1 Å². The van der Waals surface area contributed by atoms with Gasteiger partial charge in [-0.15, -0.1) is 0 Å². The summed E-state index contributed by atoms with van der Waals surface area (Å²) < 4.78 is 4.43. The summed E-state index contributed by atoms with van der Waals surface area (Å²) in [5, 5.41) is 19.7. The fraction of sp³-hybridized carbons (Fsp3) is 0.125. The highest BCUT2D eigenvalue weighted by atomic mass is 16.6. The van der Waals surface area contributed by atoms with Gasteiger partial charge in [-0.05, 0) is 0 Å². The van der Waals surface area contributed by atoms with Crippen LogP contribution in [-0.2, 0) is 4.74 Å². The molecule has 1 heterocycles. The Kier molecular flexibility index (Phi) is 1.71. The summed E-state index contributed by atoms with van der Waals surface area (Å²) >= 11 is 0. The number of hydrogen-bond donors (Lipinski definition) is 1. The Morgan fingerprint density at radius 1 is 1.50 bits per heavy atom. The number of carbonyl (C=O) groups is 1. The Morgan fingerprint density at radius 3 is 2.86 bits per heavy atom. The molecule has 0 saturated carbocycles. The third kappa shape index (κ3) is 1.05. The predicted octanol–water partition coefficient (Wildman–Crippen LogP) is 0.756. The molecule has 0 amide bonds. The largest absolute Gasteiger partial charge is 0.428 e. The van der Waals surface area contributed by atoms with E-state index in [4.69, 9.17) is 0 Å². The fourth-order valence-electron chi connectivity index (χ4n) is 1.36. The molecule has 1 atom stereocenters. The van der Waals surface area contributed by atoms with Gasteiger partial charge in [0, 0.05) is 11.6 Å². The standard InChI is InChI=1S/C8H5NO5/c10-7-4-2-1-3-5(9(12)13)6(4)8(11)14-7/h1-3,7,10H. The Bertz CT molecular complexity index is 428. The van der Waals surface area contributed by atoms with Crippen molar-refractivity contribution >= 4 is 11.7 Å². The first-order valence-electron chi connectivity index (χ1n) is 3.77. The number of fused-ring (bicyclic) bond motifs is 1. The SMILES string of the molecule is O=C1OC(O)c2cccc([N+](=O)[O-])c21. The van der Waals surface area contributed by atoms with E-state index in [2.05, 4.69) is 4.74 Å². The quantitative estimate of drug-likeness (QED) is 0.405. The van der Waals surface area contributed by atoms with E-state index in [1.807, 2.05) is 0 Å². The Labute approximate surface area is 77.9 Å². The lowest BCUT2D eigenvalue weighted by molar-refractivity contribution is -0.385. The average molecular weight is 195 g/mol. The molecule has 1 aromatic rings. The van der Waals surface area contributed by atoms with E-state index in [0.717, 1.165) is 0 Å². The lowest BCUT2D eigenvalue weighted by atomic mass is 10.1. The first kappa shape index (κ1) is 8.64. The van der Waals surface area contributed by atoms with Crippen LogP contribution in [0.3, 0.4) is 0 Å². The van der Waals surface area contributed by atoms with Crippen molar-refractivity contribution in [2.75, 3.05) is 0 Å². The van der Waals surface area contributed by atoms with Gasteiger partial charge >= 0.3 is 5.97 Å². The second-order valence-electron chi connectivity index (χ2n) is 2.76. The molecule has 1 aromatic carbocycles. The van der Waals surface area contributed by atoms with Crippen LogP contribution in [0.15, 0.2) is 18.2 Å². The summed E-state index contributed by atoms with van der Waals surface area (Å²) in [6.07, 6.45) is -1.39. The van der Waals surface area contributed by atoms with Crippen molar-refractivity contribution in [3.63, 3.8) is 0 Å². The minimum absolute atomic E-state index is 0.143. The maximum Gasteiger partial charge on any atom is 0.348 e. The highest BCUT2D eigenvalue weighted by molar-refractivity contribution is 5.98. The monoisotopic (exact) mass is 195 g/mol. The fourth-order valence-corrected chi connectivity index (χ4v) is 1.36. The second kappa shape index (κ2) is 2.78. The van der Waals surface area contributed by atoms with E-state index >= 15 is 0 Å². The topological polar surface area (TPSA) is 89.7 Å². The molecular weight excluding hydrogens is 190 g/mol. The molecule has 0 aromatic heterocycles. The molecule has 1 N–H and O–H groups in total. The van der Waals surface area contributed by atoms with Gasteiger partial charge in [0.1, 0.15) is 5.56 Å². The van der Waals surface area contributed by atoms with Crippen LogP contribution >= 0.6 is 0 Å². The molecule has 6 heteroatoms. The van der Waals surface area contributed by atoms with E-state index in [1.165, 1.54) is 18.2 Å². The summed E-state index contributed by atoms with van der Waals surface area (Å²) in [6, 6.07) is 4.00. The first-order chi connectivity index (χ1) is 6.61. The summed E-state index contributed by atoms with van der Waals surface area (Å²) in [6.45, 7) is 0. The van der Waals surface area contributed by atoms with Crippen molar-refractivity contribution in [1.29, 1.82) is 0 Å². The summed E-state index contributed by atoms with van der Waals surface area (Å²) in [7, 11) is 0. The van der Waals surface area contributed by atoms with E-state index in [-0.39, 0.29) is 16.8 Å². The number of aliphatic hydroxyl groups is 1. The molecule has 0 saturated heterocycles. The maximum absolute atomic E-state index is 11.1. The number of nitrogens with zero attached hydrogens (tertiary/aromatic N) is 1. The van der Waals surface area contributed by atoms with Crippen molar-refractivity contribution < 1.29 is 19.6 Å². The molecular formula is C8H5NO5. The number of ether oxygens (including phenoxy) is 1. The number of hydrogen-bond acceptors (Lipinski definition) is 5. The minimum Gasteiger partial charge on any atom is -0.428 e. The van der Waals surface area contributed by atoms with Gasteiger partial charge in [0.25, 0.3) is 5.69 Å². The van der Waals surface area contributed by atoms with Crippen molar-refractivity contribution in [1.82, 2.24) is 0 Å². The van der Waals surface area contributed by atoms with E-state index < -0.39 is 17.2 Å². The summed E-state index contributed by atoms with van der Waals surface area (Å²) in [5.41, 5.74) is -0.363. The van der Waals surface area contributed by atoms with Crippen molar-refractivity contribution in [3.05, 3.63) is 39.4 Å². The number of benzene rings is 1. The van der Waals surface area contributed by atoms with Gasteiger partial charge in [0.2, 0.25) is 6.29 Å². The van der Waals surface area contributed by atoms with Crippen LogP contribution < -0.4 is 0 Å². The molecule has 14 heavy (non-hydrogen) atoms. The Morgan fingerprint density at radius 2 is 2.21 bits per heavy atom. The molecule has 0 aliphatic carbocycles. The van der Waals surface area contributed by atoms with Gasteiger partial charge in [0.15, 0.2) is 0 Å². The number of rotatable bonds is 1. The van der Waals surface area contributed by atoms with Gasteiger partial charge in [0.05, 0.1) is 4.92 Å². The van der Waals surface area contributed by atoms with E-state index in [0.29, 0.717) is 0 Å². The number of carbonyl (C=O) groups excluding carboxylic acids is 1. The van der Waals surface area contributed by atoms with E-state index in [9.17, 15) is 20.0 Å². The molecule has 72 valence electrons. The van der Waals surface area contributed by atoms with Gasteiger partial charge in [-0.3, -0.25) is 10.1 Å². The minimum atomic E-state index is -1.39. The number of cyclic esters (lactones) is 1. The van der Waals surface area contributed by atoms with Gasteiger partial charge < -0.3 is 9.84 Å². The van der Waals surface area contributed by atoms with Gasteiger partial charge in [-0.2, -0.15) is 0 Å². The molecule has 0 radical (unpaired) electrons. The molecule has 0 spiro atoms. The Hall–Kier alpha value is -1.95. The van der Waals surface area contributed by atoms with Crippen molar-refractivity contribution in [3.8, 4) is 0 Å². The maximum atomic E-state index is 11.1. The first-order valence-corrected chi connectivity index (χ1v) is 3.77.